The zero-order chi connectivity index (χ0) is 18.6. The molecule has 2 N–H and O–H groups in total. The molecule has 2 aromatic carbocycles. The largest absolute Gasteiger partial charge is 0.371 e. The fourth-order valence-corrected chi connectivity index (χ4v) is 2.95. The highest BCUT2D eigenvalue weighted by atomic mass is 35.5. The fourth-order valence-electron chi connectivity index (χ4n) is 2.95. The SMILES string of the molecule is Cc1ccc(-n2cc(C(=O)Nc3ccc([C@H]4CNCCO4)cc3)nn2)cc1.Cl. The summed E-state index contributed by atoms with van der Waals surface area (Å²) in [6, 6.07) is 15.5. The van der Waals surface area contributed by atoms with Crippen LogP contribution in [0.1, 0.15) is 27.7 Å². The first-order valence-electron chi connectivity index (χ1n) is 8.92. The molecule has 0 unspecified atom stereocenters. The monoisotopic (exact) mass is 399 g/mol. The number of anilines is 1. The maximum atomic E-state index is 12.4. The number of morpholine rings is 1. The summed E-state index contributed by atoms with van der Waals surface area (Å²) in [6.45, 7) is 4.41. The first kappa shape index (κ1) is 20.0. The molecule has 3 aromatic rings. The van der Waals surface area contributed by atoms with E-state index in [4.69, 9.17) is 4.74 Å². The second-order valence-electron chi connectivity index (χ2n) is 6.52. The van der Waals surface area contributed by atoms with E-state index in [1.165, 1.54) is 0 Å². The highest BCUT2D eigenvalue weighted by Gasteiger charge is 2.16. The van der Waals surface area contributed by atoms with E-state index < -0.39 is 0 Å². The standard InChI is InChI=1S/C20H21N5O2.ClH/c1-14-2-8-17(9-3-14)25-13-18(23-24-25)20(26)22-16-6-4-15(5-7-16)19-12-21-10-11-27-19;/h2-9,13,19,21H,10-12H2,1H3,(H,22,26);1H/t19-;/m1./s1. The molecule has 1 atom stereocenters. The van der Waals surface area contributed by atoms with Gasteiger partial charge in [0.15, 0.2) is 5.69 Å². The average molecular weight is 400 g/mol. The van der Waals surface area contributed by atoms with Crippen molar-refractivity contribution in [3.8, 4) is 5.69 Å². The molecule has 8 heteroatoms. The maximum Gasteiger partial charge on any atom is 0.277 e. The predicted octanol–water partition coefficient (Wildman–Crippen LogP) is 2.91. The molecule has 1 aliphatic heterocycles. The van der Waals surface area contributed by atoms with Crippen LogP contribution in [0.15, 0.2) is 54.7 Å². The first-order chi connectivity index (χ1) is 13.2. The number of halogens is 1. The van der Waals surface area contributed by atoms with Crippen LogP contribution in [-0.4, -0.2) is 40.6 Å². The van der Waals surface area contributed by atoms with Gasteiger partial charge in [-0.2, -0.15) is 0 Å². The number of ether oxygens (including phenoxy) is 1. The van der Waals surface area contributed by atoms with Crippen molar-refractivity contribution in [2.45, 2.75) is 13.0 Å². The lowest BCUT2D eigenvalue weighted by Crippen LogP contribution is -2.33. The fraction of sp³-hybridized carbons (Fsp3) is 0.250. The lowest BCUT2D eigenvalue weighted by Gasteiger charge is -2.24. The number of aryl methyl sites for hydroxylation is 1. The molecule has 28 heavy (non-hydrogen) atoms. The summed E-state index contributed by atoms with van der Waals surface area (Å²) in [5.74, 6) is -0.295. The van der Waals surface area contributed by atoms with Crippen LogP contribution in [0.3, 0.4) is 0 Å². The molecule has 1 aliphatic rings. The van der Waals surface area contributed by atoms with Crippen molar-refractivity contribution in [2.75, 3.05) is 25.0 Å². The van der Waals surface area contributed by atoms with E-state index in [-0.39, 0.29) is 30.1 Å². The molecule has 1 fully saturated rings. The Morgan fingerprint density at radius 2 is 1.93 bits per heavy atom. The second kappa shape index (κ2) is 8.97. The minimum atomic E-state index is -0.295. The van der Waals surface area contributed by atoms with Crippen LogP contribution in [0.4, 0.5) is 5.69 Å². The van der Waals surface area contributed by atoms with Crippen molar-refractivity contribution >= 4 is 24.0 Å². The maximum absolute atomic E-state index is 12.4. The summed E-state index contributed by atoms with van der Waals surface area (Å²) in [4.78, 5) is 12.4. The van der Waals surface area contributed by atoms with Crippen LogP contribution in [0.25, 0.3) is 5.69 Å². The van der Waals surface area contributed by atoms with Gasteiger partial charge in [0.25, 0.3) is 5.91 Å². The van der Waals surface area contributed by atoms with Gasteiger partial charge < -0.3 is 15.4 Å². The minimum absolute atomic E-state index is 0. The van der Waals surface area contributed by atoms with E-state index >= 15 is 0 Å². The van der Waals surface area contributed by atoms with Crippen LogP contribution < -0.4 is 10.6 Å². The van der Waals surface area contributed by atoms with Gasteiger partial charge in [0.2, 0.25) is 0 Å². The van der Waals surface area contributed by atoms with E-state index in [0.29, 0.717) is 12.3 Å². The lowest BCUT2D eigenvalue weighted by molar-refractivity contribution is 0.0277. The van der Waals surface area contributed by atoms with Crippen LogP contribution in [0, 0.1) is 6.92 Å². The van der Waals surface area contributed by atoms with E-state index in [9.17, 15) is 4.79 Å². The molecule has 0 bridgehead atoms. The number of rotatable bonds is 4. The molecule has 1 amide bonds. The first-order valence-corrected chi connectivity index (χ1v) is 8.92. The van der Waals surface area contributed by atoms with Crippen molar-refractivity contribution in [1.82, 2.24) is 20.3 Å². The van der Waals surface area contributed by atoms with Gasteiger partial charge in [-0.3, -0.25) is 4.79 Å². The van der Waals surface area contributed by atoms with Gasteiger partial charge in [0.05, 0.1) is 24.6 Å². The summed E-state index contributed by atoms with van der Waals surface area (Å²) in [5, 5.41) is 14.2. The summed E-state index contributed by atoms with van der Waals surface area (Å²) in [7, 11) is 0. The van der Waals surface area contributed by atoms with Crippen LogP contribution in [-0.2, 0) is 4.74 Å². The minimum Gasteiger partial charge on any atom is -0.371 e. The summed E-state index contributed by atoms with van der Waals surface area (Å²) >= 11 is 0. The van der Waals surface area contributed by atoms with Gasteiger partial charge in [0, 0.05) is 18.8 Å². The van der Waals surface area contributed by atoms with E-state index in [2.05, 4.69) is 20.9 Å². The number of hydrogen-bond acceptors (Lipinski definition) is 5. The van der Waals surface area contributed by atoms with Crippen molar-refractivity contribution in [3.63, 3.8) is 0 Å². The van der Waals surface area contributed by atoms with Gasteiger partial charge in [-0.05, 0) is 36.8 Å². The zero-order valence-electron chi connectivity index (χ0n) is 15.5. The number of nitrogens with zero attached hydrogens (tertiary/aromatic N) is 3. The normalized spacial score (nSPS) is 16.2. The number of carbonyl (C=O) groups is 1. The topological polar surface area (TPSA) is 81.1 Å². The van der Waals surface area contributed by atoms with Crippen LogP contribution >= 0.6 is 12.4 Å². The zero-order valence-corrected chi connectivity index (χ0v) is 16.3. The Morgan fingerprint density at radius 3 is 2.61 bits per heavy atom. The Labute approximate surface area is 169 Å². The van der Waals surface area contributed by atoms with E-state index in [1.807, 2.05) is 55.5 Å². The Hall–Kier alpha value is -2.74. The number of amides is 1. The number of aromatic nitrogens is 3. The van der Waals surface area contributed by atoms with Crippen molar-refractivity contribution in [3.05, 3.63) is 71.5 Å². The molecule has 0 aliphatic carbocycles. The molecule has 4 rings (SSSR count). The third-order valence-electron chi connectivity index (χ3n) is 4.49. The number of hydrogen-bond donors (Lipinski definition) is 2. The molecular formula is C20H22ClN5O2. The van der Waals surface area contributed by atoms with Gasteiger partial charge in [-0.15, -0.1) is 17.5 Å². The highest BCUT2D eigenvalue weighted by molar-refractivity contribution is 6.02. The van der Waals surface area contributed by atoms with Gasteiger partial charge in [-0.25, -0.2) is 4.68 Å². The predicted molar refractivity (Wildman–Crippen MR) is 109 cm³/mol. The van der Waals surface area contributed by atoms with Crippen LogP contribution in [0.5, 0.6) is 0 Å². The van der Waals surface area contributed by atoms with Crippen molar-refractivity contribution in [2.24, 2.45) is 0 Å². The Kier molecular flexibility index (Phi) is 6.41. The Morgan fingerprint density at radius 1 is 1.18 bits per heavy atom. The quantitative estimate of drug-likeness (QED) is 0.705. The van der Waals surface area contributed by atoms with Gasteiger partial charge in [0.1, 0.15) is 0 Å². The third kappa shape index (κ3) is 4.56. The molecule has 0 spiro atoms. The lowest BCUT2D eigenvalue weighted by atomic mass is 10.1. The molecule has 1 saturated heterocycles. The number of carbonyl (C=O) groups excluding carboxylic acids is 1. The van der Waals surface area contributed by atoms with Crippen molar-refractivity contribution < 1.29 is 9.53 Å². The molecule has 7 nitrogen and oxygen atoms in total. The molecule has 0 radical (unpaired) electrons. The molecule has 2 heterocycles. The van der Waals surface area contributed by atoms with E-state index in [1.54, 1.807) is 10.9 Å². The average Bonchev–Trinajstić information content (AvgIpc) is 3.20. The van der Waals surface area contributed by atoms with Gasteiger partial charge >= 0.3 is 0 Å². The third-order valence-corrected chi connectivity index (χ3v) is 4.49. The summed E-state index contributed by atoms with van der Waals surface area (Å²) in [6.07, 6.45) is 1.67. The van der Waals surface area contributed by atoms with Crippen LogP contribution in [0.2, 0.25) is 0 Å². The summed E-state index contributed by atoms with van der Waals surface area (Å²) < 4.78 is 7.32. The summed E-state index contributed by atoms with van der Waals surface area (Å²) in [5.41, 5.74) is 4.08. The molecule has 0 saturated carbocycles. The Bertz CT molecular complexity index is 919. The molecule has 1 aromatic heterocycles. The second-order valence-corrected chi connectivity index (χ2v) is 6.52. The Balaban J connectivity index is 0.00000225. The van der Waals surface area contributed by atoms with Crippen molar-refractivity contribution in [1.29, 1.82) is 0 Å². The highest BCUT2D eigenvalue weighted by Crippen LogP contribution is 2.21. The smallest absolute Gasteiger partial charge is 0.277 e. The number of benzene rings is 2. The molecular weight excluding hydrogens is 378 g/mol. The molecule has 146 valence electrons. The van der Waals surface area contributed by atoms with E-state index in [0.717, 1.165) is 29.9 Å². The van der Waals surface area contributed by atoms with Gasteiger partial charge in [-0.1, -0.05) is 35.0 Å². The number of nitrogens with one attached hydrogen (secondary N) is 2.